The van der Waals surface area contributed by atoms with Gasteiger partial charge in [0.2, 0.25) is 5.91 Å². The van der Waals surface area contributed by atoms with Crippen LogP contribution in [0.2, 0.25) is 0 Å². The molecule has 32 heavy (non-hydrogen) atoms. The number of amides is 2. The molecule has 0 bridgehead atoms. The molecule has 0 saturated carbocycles. The second-order valence-corrected chi connectivity index (χ2v) is 8.34. The Morgan fingerprint density at radius 1 is 1.00 bits per heavy atom. The molecule has 2 aromatic rings. The van der Waals surface area contributed by atoms with Gasteiger partial charge in [-0.25, -0.2) is 4.79 Å². The Balaban J connectivity index is 1.42. The van der Waals surface area contributed by atoms with E-state index in [-0.39, 0.29) is 31.5 Å². The zero-order valence-corrected chi connectivity index (χ0v) is 18.3. The average molecular weight is 437 g/mol. The molecule has 0 saturated heterocycles. The third-order valence-corrected chi connectivity index (χ3v) is 5.61. The highest BCUT2D eigenvalue weighted by atomic mass is 16.5. The average Bonchev–Trinajstić information content (AvgIpc) is 3.09. The number of carbonyl (C=O) groups excluding carboxylic acids is 2. The number of carbonyl (C=O) groups is 3. The van der Waals surface area contributed by atoms with Crippen LogP contribution >= 0.6 is 0 Å². The Morgan fingerprint density at radius 3 is 2.19 bits per heavy atom. The van der Waals surface area contributed by atoms with Crippen molar-refractivity contribution in [3.8, 4) is 11.1 Å². The van der Waals surface area contributed by atoms with Gasteiger partial charge in [0, 0.05) is 25.1 Å². The predicted octanol–water partition coefficient (Wildman–Crippen LogP) is 3.70. The molecule has 0 unspecified atom stereocenters. The number of benzene rings is 2. The van der Waals surface area contributed by atoms with Crippen LogP contribution in [0.15, 0.2) is 60.7 Å². The Morgan fingerprint density at radius 2 is 1.59 bits per heavy atom. The first kappa shape index (κ1) is 23.1. The number of hydrogen-bond acceptors (Lipinski definition) is 4. The van der Waals surface area contributed by atoms with Gasteiger partial charge in [-0.1, -0.05) is 54.6 Å². The molecule has 0 aromatic heterocycles. The Labute approximate surface area is 187 Å². The third-order valence-electron chi connectivity index (χ3n) is 5.61. The number of carboxylic acids is 1. The predicted molar refractivity (Wildman–Crippen MR) is 121 cm³/mol. The lowest BCUT2D eigenvalue weighted by atomic mass is 9.90. The molecule has 3 N–H and O–H groups in total. The standard InChI is InChI=1S/C25H28N2O5/c1-25(2,23(29)30)13-15-26-22(28)12-7-14-27-24(31)32-16-21-19-10-5-3-8-17(19)18-9-4-6-11-20(18)21/h3-12,21H,13-16H2,1-2H3,(H,26,28)(H,27,31)(H,29,30)/b12-7+. The van der Waals surface area contributed by atoms with Crippen LogP contribution in [0, 0.1) is 5.41 Å². The first-order valence-electron chi connectivity index (χ1n) is 10.6. The Bertz CT molecular complexity index is 983. The quantitative estimate of drug-likeness (QED) is 0.520. The zero-order chi connectivity index (χ0) is 23.1. The van der Waals surface area contributed by atoms with Crippen molar-refractivity contribution in [2.75, 3.05) is 19.7 Å². The smallest absolute Gasteiger partial charge is 0.407 e. The van der Waals surface area contributed by atoms with Gasteiger partial charge in [-0.2, -0.15) is 0 Å². The normalized spacial score (nSPS) is 12.8. The summed E-state index contributed by atoms with van der Waals surface area (Å²) in [6.45, 7) is 3.83. The molecule has 168 valence electrons. The fourth-order valence-corrected chi connectivity index (χ4v) is 3.62. The Hall–Kier alpha value is -3.61. The van der Waals surface area contributed by atoms with Crippen molar-refractivity contribution in [1.82, 2.24) is 10.6 Å². The van der Waals surface area contributed by atoms with E-state index in [1.165, 1.54) is 12.2 Å². The fraction of sp³-hybridized carbons (Fsp3) is 0.320. The molecule has 2 aromatic carbocycles. The largest absolute Gasteiger partial charge is 0.481 e. The van der Waals surface area contributed by atoms with Gasteiger partial charge in [-0.15, -0.1) is 0 Å². The van der Waals surface area contributed by atoms with Crippen LogP contribution in [0.25, 0.3) is 11.1 Å². The zero-order valence-electron chi connectivity index (χ0n) is 18.3. The highest BCUT2D eigenvalue weighted by molar-refractivity contribution is 5.87. The van der Waals surface area contributed by atoms with Gasteiger partial charge in [-0.05, 0) is 42.5 Å². The number of fused-ring (bicyclic) bond motifs is 3. The topological polar surface area (TPSA) is 105 Å². The van der Waals surface area contributed by atoms with E-state index >= 15 is 0 Å². The summed E-state index contributed by atoms with van der Waals surface area (Å²) in [6, 6.07) is 16.2. The molecule has 0 heterocycles. The molecule has 0 spiro atoms. The van der Waals surface area contributed by atoms with Gasteiger partial charge in [0.1, 0.15) is 6.61 Å². The number of carboxylic acid groups (broad SMARTS) is 1. The van der Waals surface area contributed by atoms with Crippen molar-refractivity contribution < 1.29 is 24.2 Å². The van der Waals surface area contributed by atoms with Gasteiger partial charge >= 0.3 is 12.1 Å². The number of aliphatic carboxylic acids is 1. The number of rotatable bonds is 9. The lowest BCUT2D eigenvalue weighted by molar-refractivity contribution is -0.147. The van der Waals surface area contributed by atoms with E-state index in [1.54, 1.807) is 13.8 Å². The number of hydrogen-bond donors (Lipinski definition) is 3. The molecule has 0 fully saturated rings. The first-order valence-corrected chi connectivity index (χ1v) is 10.6. The van der Waals surface area contributed by atoms with Crippen LogP contribution in [0.3, 0.4) is 0 Å². The summed E-state index contributed by atoms with van der Waals surface area (Å²) in [7, 11) is 0. The summed E-state index contributed by atoms with van der Waals surface area (Å²) < 4.78 is 5.43. The van der Waals surface area contributed by atoms with Gasteiger partial charge in [0.25, 0.3) is 0 Å². The van der Waals surface area contributed by atoms with Crippen molar-refractivity contribution in [2.24, 2.45) is 5.41 Å². The van der Waals surface area contributed by atoms with Crippen molar-refractivity contribution in [1.29, 1.82) is 0 Å². The van der Waals surface area contributed by atoms with Crippen molar-refractivity contribution in [2.45, 2.75) is 26.2 Å². The van der Waals surface area contributed by atoms with Crippen LogP contribution < -0.4 is 10.6 Å². The van der Waals surface area contributed by atoms with E-state index in [0.29, 0.717) is 6.42 Å². The van der Waals surface area contributed by atoms with Crippen molar-refractivity contribution >= 4 is 18.0 Å². The fourth-order valence-electron chi connectivity index (χ4n) is 3.62. The van der Waals surface area contributed by atoms with Crippen molar-refractivity contribution in [3.05, 3.63) is 71.8 Å². The molecular formula is C25H28N2O5. The lowest BCUT2D eigenvalue weighted by Gasteiger charge is -2.18. The number of alkyl carbamates (subject to hydrolysis) is 1. The number of ether oxygens (including phenoxy) is 1. The second kappa shape index (κ2) is 10.1. The summed E-state index contributed by atoms with van der Waals surface area (Å²) in [5, 5.41) is 14.3. The minimum absolute atomic E-state index is 0.00970. The van der Waals surface area contributed by atoms with Gasteiger partial charge < -0.3 is 20.5 Å². The maximum atomic E-state index is 12.1. The molecule has 3 rings (SSSR count). The van der Waals surface area contributed by atoms with Crippen LogP contribution in [0.5, 0.6) is 0 Å². The highest BCUT2D eigenvalue weighted by Gasteiger charge is 2.29. The summed E-state index contributed by atoms with van der Waals surface area (Å²) in [4.78, 5) is 34.9. The van der Waals surface area contributed by atoms with Crippen LogP contribution in [-0.2, 0) is 14.3 Å². The molecule has 7 nitrogen and oxygen atoms in total. The maximum Gasteiger partial charge on any atom is 0.407 e. The van der Waals surface area contributed by atoms with Gasteiger partial charge in [0.15, 0.2) is 0 Å². The molecule has 1 aliphatic carbocycles. The molecular weight excluding hydrogens is 408 g/mol. The van der Waals surface area contributed by atoms with Crippen LogP contribution in [-0.4, -0.2) is 42.8 Å². The van der Waals surface area contributed by atoms with Crippen LogP contribution in [0.4, 0.5) is 4.79 Å². The molecule has 0 aliphatic heterocycles. The second-order valence-electron chi connectivity index (χ2n) is 8.34. The molecule has 1 aliphatic rings. The molecule has 7 heteroatoms. The molecule has 0 atom stereocenters. The Kier molecular flexibility index (Phi) is 7.30. The van der Waals surface area contributed by atoms with E-state index < -0.39 is 17.5 Å². The van der Waals surface area contributed by atoms with Gasteiger partial charge in [-0.3, -0.25) is 9.59 Å². The van der Waals surface area contributed by atoms with E-state index in [1.807, 2.05) is 24.3 Å². The molecule has 2 amide bonds. The lowest BCUT2D eigenvalue weighted by Crippen LogP contribution is -2.31. The summed E-state index contributed by atoms with van der Waals surface area (Å²) in [5.41, 5.74) is 3.71. The summed E-state index contributed by atoms with van der Waals surface area (Å²) >= 11 is 0. The van der Waals surface area contributed by atoms with E-state index in [2.05, 4.69) is 34.9 Å². The summed E-state index contributed by atoms with van der Waals surface area (Å²) in [5.74, 6) is -1.26. The van der Waals surface area contributed by atoms with Crippen molar-refractivity contribution in [3.63, 3.8) is 0 Å². The first-order chi connectivity index (χ1) is 15.3. The highest BCUT2D eigenvalue weighted by Crippen LogP contribution is 2.44. The number of nitrogens with one attached hydrogen (secondary N) is 2. The van der Waals surface area contributed by atoms with Crippen LogP contribution in [0.1, 0.15) is 37.3 Å². The van der Waals surface area contributed by atoms with Gasteiger partial charge in [0.05, 0.1) is 5.41 Å². The maximum absolute atomic E-state index is 12.1. The minimum Gasteiger partial charge on any atom is -0.481 e. The monoisotopic (exact) mass is 436 g/mol. The van der Waals surface area contributed by atoms with E-state index in [4.69, 9.17) is 9.84 Å². The molecule has 0 radical (unpaired) electrons. The van der Waals surface area contributed by atoms with E-state index in [0.717, 1.165) is 22.3 Å². The SMILES string of the molecule is CC(C)(CCNC(=O)/C=C/CNC(=O)OCC1c2ccccc2-c2ccccc21)C(=O)O. The van der Waals surface area contributed by atoms with E-state index in [9.17, 15) is 14.4 Å². The summed E-state index contributed by atoms with van der Waals surface area (Å²) in [6.07, 6.45) is 2.58. The third kappa shape index (κ3) is 5.55. The minimum atomic E-state index is -0.908.